The van der Waals surface area contributed by atoms with Gasteiger partial charge in [0, 0.05) is 30.1 Å². The zero-order valence-electron chi connectivity index (χ0n) is 18.1. The number of benzene rings is 2. The predicted molar refractivity (Wildman–Crippen MR) is 115 cm³/mol. The number of ether oxygens (including phenoxy) is 3. The number of hydrogen-bond acceptors (Lipinski definition) is 5. The molecule has 0 aromatic heterocycles. The number of nitrogens with zero attached hydrogens (tertiary/aromatic N) is 1. The molecule has 31 heavy (non-hydrogen) atoms. The Labute approximate surface area is 181 Å². The summed E-state index contributed by atoms with van der Waals surface area (Å²) < 4.78 is 29.6. The van der Waals surface area contributed by atoms with Crippen molar-refractivity contribution in [2.75, 3.05) is 32.3 Å². The zero-order chi connectivity index (χ0) is 22.5. The van der Waals surface area contributed by atoms with Crippen LogP contribution in [0.25, 0.3) is 0 Å². The Kier molecular flexibility index (Phi) is 6.99. The quantitative estimate of drug-likeness (QED) is 0.746. The number of nitrogens with one attached hydrogen (secondary N) is 1. The highest BCUT2D eigenvalue weighted by Crippen LogP contribution is 2.44. The second-order valence-corrected chi connectivity index (χ2v) is 7.34. The lowest BCUT2D eigenvalue weighted by molar-refractivity contribution is 0.0949. The predicted octanol–water partition coefficient (Wildman–Crippen LogP) is 4.11. The van der Waals surface area contributed by atoms with Gasteiger partial charge in [-0.1, -0.05) is 6.07 Å². The van der Waals surface area contributed by atoms with E-state index < -0.39 is 11.9 Å². The summed E-state index contributed by atoms with van der Waals surface area (Å²) in [4.78, 5) is 26.8. The minimum Gasteiger partial charge on any atom is -0.493 e. The van der Waals surface area contributed by atoms with Crippen LogP contribution in [-0.2, 0) is 4.74 Å². The number of methoxy groups -OCH3 is 2. The first-order chi connectivity index (χ1) is 14.9. The molecule has 2 aromatic rings. The first-order valence-electron chi connectivity index (χ1n) is 10.1. The zero-order valence-corrected chi connectivity index (χ0v) is 18.1. The number of amides is 2. The normalized spacial score (nSPS) is 17.5. The highest BCUT2D eigenvalue weighted by Gasteiger charge is 2.36. The van der Waals surface area contributed by atoms with Gasteiger partial charge in [-0.3, -0.25) is 9.69 Å². The molecule has 0 radical (unpaired) electrons. The van der Waals surface area contributed by atoms with E-state index in [1.54, 1.807) is 31.1 Å². The van der Waals surface area contributed by atoms with Gasteiger partial charge in [0.1, 0.15) is 5.82 Å². The monoisotopic (exact) mass is 430 g/mol. The fourth-order valence-corrected chi connectivity index (χ4v) is 3.91. The number of fused-ring (bicyclic) bond motifs is 1. The maximum absolute atomic E-state index is 13.5. The van der Waals surface area contributed by atoms with Gasteiger partial charge in [-0.05, 0) is 50.1 Å². The van der Waals surface area contributed by atoms with E-state index >= 15 is 0 Å². The van der Waals surface area contributed by atoms with Gasteiger partial charge in [0.2, 0.25) is 0 Å². The fourth-order valence-electron chi connectivity index (χ4n) is 3.91. The van der Waals surface area contributed by atoms with E-state index in [0.717, 1.165) is 5.56 Å². The number of anilines is 1. The van der Waals surface area contributed by atoms with Crippen LogP contribution in [0.15, 0.2) is 36.4 Å². The molecule has 0 fully saturated rings. The van der Waals surface area contributed by atoms with Crippen molar-refractivity contribution < 1.29 is 28.2 Å². The van der Waals surface area contributed by atoms with Crippen molar-refractivity contribution in [3.8, 4) is 11.5 Å². The molecule has 0 bridgehead atoms. The minimum absolute atomic E-state index is 0.0898. The summed E-state index contributed by atoms with van der Waals surface area (Å²) in [6.45, 7) is 4.27. The molecule has 1 heterocycles. The van der Waals surface area contributed by atoms with E-state index in [1.165, 1.54) is 25.3 Å². The number of rotatable bonds is 6. The van der Waals surface area contributed by atoms with E-state index in [0.29, 0.717) is 30.2 Å². The molecule has 2 atom stereocenters. The summed E-state index contributed by atoms with van der Waals surface area (Å²) in [5, 5.41) is 2.88. The number of carbonyl (C=O) groups excluding carboxylic acids is 2. The van der Waals surface area contributed by atoms with Gasteiger partial charge in [0.05, 0.1) is 26.5 Å². The molecule has 166 valence electrons. The molecule has 2 amide bonds. The smallest absolute Gasteiger partial charge is 0.414 e. The average Bonchev–Trinajstić information content (AvgIpc) is 2.76. The van der Waals surface area contributed by atoms with Gasteiger partial charge >= 0.3 is 6.09 Å². The van der Waals surface area contributed by atoms with Gasteiger partial charge in [-0.2, -0.15) is 0 Å². The molecule has 3 rings (SSSR count). The summed E-state index contributed by atoms with van der Waals surface area (Å²) in [6, 6.07) is 8.96. The molecule has 1 aliphatic heterocycles. The lowest BCUT2D eigenvalue weighted by atomic mass is 9.85. The molecule has 8 heteroatoms. The van der Waals surface area contributed by atoms with Crippen LogP contribution < -0.4 is 19.7 Å². The molecule has 2 aromatic carbocycles. The summed E-state index contributed by atoms with van der Waals surface area (Å²) in [5.41, 5.74) is 1.74. The molecule has 1 aliphatic rings. The van der Waals surface area contributed by atoms with Crippen molar-refractivity contribution in [1.82, 2.24) is 5.32 Å². The van der Waals surface area contributed by atoms with Gasteiger partial charge in [-0.15, -0.1) is 0 Å². The van der Waals surface area contributed by atoms with Crippen molar-refractivity contribution in [3.63, 3.8) is 0 Å². The standard InChI is InChI=1S/C23H27FN2O5/c1-5-31-23(28)26-14(2)9-16(13-25-22(27)15-7-6-8-17(24)10-15)18-11-20(29-3)21(30-4)12-19(18)26/h6-8,10-12,14,16H,5,9,13H2,1-4H3,(H,25,27). The number of hydrogen-bond donors (Lipinski definition) is 1. The summed E-state index contributed by atoms with van der Waals surface area (Å²) >= 11 is 0. The second kappa shape index (κ2) is 9.68. The van der Waals surface area contributed by atoms with E-state index in [-0.39, 0.29) is 30.0 Å². The van der Waals surface area contributed by atoms with Crippen LogP contribution in [0, 0.1) is 5.82 Å². The minimum atomic E-state index is -0.466. The van der Waals surface area contributed by atoms with Crippen molar-refractivity contribution >= 4 is 17.7 Å². The number of carbonyl (C=O) groups is 2. The fraction of sp³-hybridized carbons (Fsp3) is 0.391. The lowest BCUT2D eigenvalue weighted by Crippen LogP contribution is -2.45. The molecule has 1 N–H and O–H groups in total. The third-order valence-corrected chi connectivity index (χ3v) is 5.36. The van der Waals surface area contributed by atoms with Gasteiger partial charge in [0.15, 0.2) is 11.5 Å². The van der Waals surface area contributed by atoms with Crippen LogP contribution in [0.1, 0.15) is 42.1 Å². The molecule has 0 aliphatic carbocycles. The lowest BCUT2D eigenvalue weighted by Gasteiger charge is -2.39. The van der Waals surface area contributed by atoms with Crippen LogP contribution in [-0.4, -0.2) is 45.4 Å². The van der Waals surface area contributed by atoms with Crippen molar-refractivity contribution in [2.24, 2.45) is 0 Å². The molecule has 0 saturated carbocycles. The summed E-state index contributed by atoms with van der Waals surface area (Å²) in [5.74, 6) is 0.106. The molecular formula is C23H27FN2O5. The Morgan fingerprint density at radius 3 is 2.52 bits per heavy atom. The van der Waals surface area contributed by atoms with Gasteiger partial charge in [0.25, 0.3) is 5.91 Å². The molecule has 2 unspecified atom stereocenters. The highest BCUT2D eigenvalue weighted by molar-refractivity contribution is 5.94. The van der Waals surface area contributed by atoms with Crippen LogP contribution >= 0.6 is 0 Å². The third kappa shape index (κ3) is 4.73. The summed E-state index contributed by atoms with van der Waals surface area (Å²) in [7, 11) is 3.07. The molecule has 7 nitrogen and oxygen atoms in total. The van der Waals surface area contributed by atoms with E-state index in [4.69, 9.17) is 14.2 Å². The topological polar surface area (TPSA) is 77.1 Å². The van der Waals surface area contributed by atoms with Gasteiger partial charge < -0.3 is 19.5 Å². The third-order valence-electron chi connectivity index (χ3n) is 5.36. The first kappa shape index (κ1) is 22.4. The Balaban J connectivity index is 1.92. The molecular weight excluding hydrogens is 403 g/mol. The summed E-state index contributed by atoms with van der Waals surface area (Å²) in [6.07, 6.45) is 0.163. The molecule has 0 spiro atoms. The second-order valence-electron chi connectivity index (χ2n) is 7.34. The van der Waals surface area contributed by atoms with Crippen LogP contribution in [0.3, 0.4) is 0 Å². The Hall–Kier alpha value is -3.29. The highest BCUT2D eigenvalue weighted by atomic mass is 19.1. The first-order valence-corrected chi connectivity index (χ1v) is 10.1. The number of halogens is 1. The van der Waals surface area contributed by atoms with Crippen LogP contribution in [0.4, 0.5) is 14.9 Å². The van der Waals surface area contributed by atoms with E-state index in [2.05, 4.69) is 5.32 Å². The maximum atomic E-state index is 13.5. The Morgan fingerprint density at radius 1 is 1.16 bits per heavy atom. The largest absolute Gasteiger partial charge is 0.493 e. The van der Waals surface area contributed by atoms with Crippen LogP contribution in [0.2, 0.25) is 0 Å². The average molecular weight is 430 g/mol. The van der Waals surface area contributed by atoms with Crippen molar-refractivity contribution in [2.45, 2.75) is 32.2 Å². The van der Waals surface area contributed by atoms with Gasteiger partial charge in [-0.25, -0.2) is 9.18 Å². The Morgan fingerprint density at radius 2 is 1.87 bits per heavy atom. The Bertz CT molecular complexity index is 965. The van der Waals surface area contributed by atoms with Crippen molar-refractivity contribution in [1.29, 1.82) is 0 Å². The van der Waals surface area contributed by atoms with Crippen LogP contribution in [0.5, 0.6) is 11.5 Å². The van der Waals surface area contributed by atoms with E-state index in [1.807, 2.05) is 13.0 Å². The maximum Gasteiger partial charge on any atom is 0.414 e. The van der Waals surface area contributed by atoms with Crippen molar-refractivity contribution in [3.05, 3.63) is 53.3 Å². The van der Waals surface area contributed by atoms with E-state index in [9.17, 15) is 14.0 Å². The SMILES string of the molecule is CCOC(=O)N1c2cc(OC)c(OC)cc2C(CNC(=O)c2cccc(F)c2)CC1C. The molecule has 0 saturated heterocycles.